The van der Waals surface area contributed by atoms with Gasteiger partial charge in [-0.05, 0) is 48.1 Å². The van der Waals surface area contributed by atoms with E-state index in [2.05, 4.69) is 23.7 Å². The van der Waals surface area contributed by atoms with E-state index in [0.29, 0.717) is 17.0 Å². The predicted octanol–water partition coefficient (Wildman–Crippen LogP) is 3.23. The lowest BCUT2D eigenvalue weighted by molar-refractivity contribution is -0.118. The van der Waals surface area contributed by atoms with Gasteiger partial charge in [-0.25, -0.2) is 0 Å². The summed E-state index contributed by atoms with van der Waals surface area (Å²) in [5.41, 5.74) is 2.50. The molecule has 4 rings (SSSR count). The first-order valence-corrected chi connectivity index (χ1v) is 8.99. The van der Waals surface area contributed by atoms with E-state index in [4.69, 9.17) is 4.74 Å². The fourth-order valence-corrected chi connectivity index (χ4v) is 4.38. The van der Waals surface area contributed by atoms with Crippen molar-refractivity contribution >= 4 is 28.8 Å². The van der Waals surface area contributed by atoms with E-state index < -0.39 is 0 Å². The van der Waals surface area contributed by atoms with Gasteiger partial charge in [0.05, 0.1) is 11.7 Å². The van der Waals surface area contributed by atoms with Crippen LogP contribution in [0, 0.1) is 0 Å². The van der Waals surface area contributed by atoms with Gasteiger partial charge in [-0.15, -0.1) is 11.3 Å². The monoisotopic (exact) mass is 342 g/mol. The van der Waals surface area contributed by atoms with Crippen molar-refractivity contribution in [2.75, 3.05) is 18.5 Å². The minimum Gasteiger partial charge on any atom is -0.482 e. The number of amides is 2. The SMILES string of the molecule is CC[C@H]1c2ccsc2CCN1C(=O)c1ccc2c(c1)OCC(=O)N2. The topological polar surface area (TPSA) is 58.6 Å². The van der Waals surface area contributed by atoms with Gasteiger partial charge in [0.25, 0.3) is 11.8 Å². The Morgan fingerprint density at radius 2 is 2.29 bits per heavy atom. The van der Waals surface area contributed by atoms with Crippen molar-refractivity contribution < 1.29 is 14.3 Å². The summed E-state index contributed by atoms with van der Waals surface area (Å²) in [7, 11) is 0. The Balaban J connectivity index is 1.63. The van der Waals surface area contributed by atoms with Gasteiger partial charge < -0.3 is 15.0 Å². The summed E-state index contributed by atoms with van der Waals surface area (Å²) in [5.74, 6) is 0.400. The average Bonchev–Trinajstić information content (AvgIpc) is 3.08. The van der Waals surface area contributed by atoms with Gasteiger partial charge in [-0.3, -0.25) is 9.59 Å². The lowest BCUT2D eigenvalue weighted by Crippen LogP contribution is -2.39. The van der Waals surface area contributed by atoms with E-state index in [1.807, 2.05) is 4.90 Å². The zero-order chi connectivity index (χ0) is 16.7. The summed E-state index contributed by atoms with van der Waals surface area (Å²) in [6.45, 7) is 2.84. The van der Waals surface area contributed by atoms with Crippen molar-refractivity contribution in [2.45, 2.75) is 25.8 Å². The number of nitrogens with one attached hydrogen (secondary N) is 1. The molecule has 0 saturated carbocycles. The van der Waals surface area contributed by atoms with Crippen molar-refractivity contribution in [1.29, 1.82) is 0 Å². The highest BCUT2D eigenvalue weighted by molar-refractivity contribution is 7.10. The summed E-state index contributed by atoms with van der Waals surface area (Å²) in [6.07, 6.45) is 1.81. The molecule has 2 amide bonds. The Hall–Kier alpha value is -2.34. The predicted molar refractivity (Wildman–Crippen MR) is 92.7 cm³/mol. The molecule has 0 saturated heterocycles. The number of carbonyl (C=O) groups is 2. The van der Waals surface area contributed by atoms with Crippen molar-refractivity contribution in [3.8, 4) is 5.75 Å². The molecule has 1 atom stereocenters. The molecule has 0 fully saturated rings. The minimum absolute atomic E-state index is 0.00972. The minimum atomic E-state index is -0.173. The van der Waals surface area contributed by atoms with Gasteiger partial charge in [0.15, 0.2) is 6.61 Å². The molecule has 2 aliphatic heterocycles. The normalized spacial score (nSPS) is 19.1. The molecule has 1 N–H and O–H groups in total. The number of nitrogens with zero attached hydrogens (tertiary/aromatic N) is 1. The summed E-state index contributed by atoms with van der Waals surface area (Å²) in [6, 6.07) is 7.49. The van der Waals surface area contributed by atoms with Crippen molar-refractivity contribution in [1.82, 2.24) is 4.90 Å². The Bertz CT molecular complexity index is 814. The summed E-state index contributed by atoms with van der Waals surface area (Å²) < 4.78 is 5.43. The van der Waals surface area contributed by atoms with Crippen LogP contribution < -0.4 is 10.1 Å². The Kier molecular flexibility index (Phi) is 3.76. The number of hydrogen-bond donors (Lipinski definition) is 1. The van der Waals surface area contributed by atoms with E-state index in [1.54, 1.807) is 29.5 Å². The molecule has 3 heterocycles. The second-order valence-electron chi connectivity index (χ2n) is 6.02. The van der Waals surface area contributed by atoms with Crippen molar-refractivity contribution in [3.63, 3.8) is 0 Å². The zero-order valence-corrected chi connectivity index (χ0v) is 14.2. The van der Waals surface area contributed by atoms with E-state index >= 15 is 0 Å². The van der Waals surface area contributed by atoms with Gasteiger partial charge >= 0.3 is 0 Å². The van der Waals surface area contributed by atoms with Crippen LogP contribution in [0.3, 0.4) is 0 Å². The molecule has 24 heavy (non-hydrogen) atoms. The second-order valence-corrected chi connectivity index (χ2v) is 7.02. The molecule has 1 aromatic heterocycles. The Morgan fingerprint density at radius 3 is 3.12 bits per heavy atom. The number of ether oxygens (including phenoxy) is 1. The maximum atomic E-state index is 13.0. The first-order valence-electron chi connectivity index (χ1n) is 8.11. The second kappa shape index (κ2) is 5.94. The third kappa shape index (κ3) is 2.47. The quantitative estimate of drug-likeness (QED) is 0.911. The lowest BCUT2D eigenvalue weighted by Gasteiger charge is -2.35. The van der Waals surface area contributed by atoms with Crippen LogP contribution in [-0.4, -0.2) is 29.9 Å². The first-order chi connectivity index (χ1) is 11.7. The highest BCUT2D eigenvalue weighted by Crippen LogP contribution is 2.37. The van der Waals surface area contributed by atoms with Gasteiger partial charge in [-0.1, -0.05) is 6.92 Å². The van der Waals surface area contributed by atoms with Crippen molar-refractivity contribution in [2.24, 2.45) is 0 Å². The van der Waals surface area contributed by atoms with Crippen LogP contribution in [0.4, 0.5) is 5.69 Å². The highest BCUT2D eigenvalue weighted by Gasteiger charge is 2.31. The maximum absolute atomic E-state index is 13.0. The number of anilines is 1. The van der Waals surface area contributed by atoms with E-state index in [9.17, 15) is 9.59 Å². The first kappa shape index (κ1) is 15.2. The number of hydrogen-bond acceptors (Lipinski definition) is 4. The molecule has 2 aromatic rings. The lowest BCUT2D eigenvalue weighted by atomic mass is 9.96. The van der Waals surface area contributed by atoms with Crippen LogP contribution >= 0.6 is 11.3 Å². The van der Waals surface area contributed by atoms with Crippen LogP contribution in [-0.2, 0) is 11.2 Å². The number of thiophene rings is 1. The number of fused-ring (bicyclic) bond motifs is 2. The fraction of sp³-hybridized carbons (Fsp3) is 0.333. The molecule has 0 aliphatic carbocycles. The van der Waals surface area contributed by atoms with Crippen LogP contribution in [0.2, 0.25) is 0 Å². The molecule has 2 aliphatic rings. The molecule has 1 aromatic carbocycles. The van der Waals surface area contributed by atoms with Crippen molar-refractivity contribution in [3.05, 3.63) is 45.6 Å². The zero-order valence-electron chi connectivity index (χ0n) is 13.4. The molecule has 0 spiro atoms. The molecule has 6 heteroatoms. The fourth-order valence-electron chi connectivity index (χ4n) is 3.45. The van der Waals surface area contributed by atoms with Crippen LogP contribution in [0.5, 0.6) is 5.75 Å². The van der Waals surface area contributed by atoms with Crippen LogP contribution in [0.25, 0.3) is 0 Å². The maximum Gasteiger partial charge on any atom is 0.262 e. The summed E-state index contributed by atoms with van der Waals surface area (Å²) >= 11 is 1.77. The Morgan fingerprint density at radius 1 is 1.42 bits per heavy atom. The van der Waals surface area contributed by atoms with Gasteiger partial charge in [0, 0.05) is 17.0 Å². The molecular formula is C18H18N2O3S. The molecular weight excluding hydrogens is 324 g/mol. The highest BCUT2D eigenvalue weighted by atomic mass is 32.1. The molecule has 5 nitrogen and oxygen atoms in total. The van der Waals surface area contributed by atoms with E-state index in [-0.39, 0.29) is 24.5 Å². The summed E-state index contributed by atoms with van der Waals surface area (Å²) in [4.78, 5) is 27.7. The van der Waals surface area contributed by atoms with Gasteiger partial charge in [0.2, 0.25) is 0 Å². The molecule has 124 valence electrons. The third-order valence-electron chi connectivity index (χ3n) is 4.60. The number of benzene rings is 1. The van der Waals surface area contributed by atoms with Crippen LogP contribution in [0.1, 0.15) is 40.2 Å². The molecule has 0 unspecified atom stereocenters. The molecule has 0 bridgehead atoms. The standard InChI is InChI=1S/C18H18N2O3S/c1-2-14-12-6-8-24-16(12)5-7-20(14)18(22)11-3-4-13-15(9-11)23-10-17(21)19-13/h3-4,6,8-9,14H,2,5,7,10H2,1H3,(H,19,21)/t14-/m0/s1. The van der Waals surface area contributed by atoms with Crippen LogP contribution in [0.15, 0.2) is 29.6 Å². The smallest absolute Gasteiger partial charge is 0.262 e. The van der Waals surface area contributed by atoms with Gasteiger partial charge in [0.1, 0.15) is 5.75 Å². The average molecular weight is 342 g/mol. The summed E-state index contributed by atoms with van der Waals surface area (Å²) in [5, 5.41) is 4.86. The van der Waals surface area contributed by atoms with E-state index in [0.717, 1.165) is 19.4 Å². The third-order valence-corrected chi connectivity index (χ3v) is 5.60. The largest absolute Gasteiger partial charge is 0.482 e. The number of rotatable bonds is 2. The van der Waals surface area contributed by atoms with E-state index in [1.165, 1.54) is 10.4 Å². The number of carbonyl (C=O) groups excluding carboxylic acids is 2. The Labute approximate surface area is 144 Å². The van der Waals surface area contributed by atoms with Gasteiger partial charge in [-0.2, -0.15) is 0 Å². The molecule has 0 radical (unpaired) electrons.